The largest absolute Gasteiger partial charge is 0.307 e. The number of benzene rings is 5. The average molecular weight is 512 g/mol. The zero-order valence-electron chi connectivity index (χ0n) is 21.4. The Bertz CT molecular complexity index is 2430. The zero-order valence-corrected chi connectivity index (χ0v) is 21.4. The number of pyridine rings is 1. The van der Waals surface area contributed by atoms with Gasteiger partial charge in [-0.15, -0.1) is 0 Å². The second kappa shape index (κ2) is 7.98. The summed E-state index contributed by atoms with van der Waals surface area (Å²) in [5.74, 6) is 0.882. The third kappa shape index (κ3) is 2.78. The van der Waals surface area contributed by atoms with Gasteiger partial charge < -0.3 is 4.57 Å². The van der Waals surface area contributed by atoms with Crippen LogP contribution in [-0.2, 0) is 0 Å². The average Bonchev–Trinajstić information content (AvgIpc) is 3.55. The minimum Gasteiger partial charge on any atom is -0.307 e. The van der Waals surface area contributed by atoms with Crippen LogP contribution in [0, 0.1) is 0 Å². The lowest BCUT2D eigenvalue weighted by Gasteiger charge is -2.13. The van der Waals surface area contributed by atoms with Gasteiger partial charge in [0.05, 0.1) is 27.6 Å². The number of nitrogens with zero attached hydrogens (tertiary/aromatic N) is 5. The van der Waals surface area contributed by atoms with E-state index >= 15 is 0 Å². The molecule has 5 nitrogen and oxygen atoms in total. The van der Waals surface area contributed by atoms with Crippen LogP contribution >= 0.6 is 0 Å². The van der Waals surface area contributed by atoms with Gasteiger partial charge in [-0.2, -0.15) is 0 Å². The maximum Gasteiger partial charge on any atom is 0.138 e. The topological polar surface area (TPSA) is 48.5 Å². The highest BCUT2D eigenvalue weighted by molar-refractivity contribution is 6.35. The van der Waals surface area contributed by atoms with Crippen molar-refractivity contribution in [2.24, 2.45) is 0 Å². The standard InChI is InChI=1S/C35H21N5/c1-2-12-24(13-3-1)39-28-16-8-7-15-26(28)32-33-27(20-36-21-38-33)31-25-14-6-9-17-29(25)40(34(31)35(32)39)30-18-22-10-4-5-11-23(22)19-37-30/h1-21H. The first-order valence-electron chi connectivity index (χ1n) is 13.4. The first-order valence-corrected chi connectivity index (χ1v) is 13.4. The van der Waals surface area contributed by atoms with Crippen LogP contribution in [-0.4, -0.2) is 24.1 Å². The van der Waals surface area contributed by atoms with Crippen LogP contribution in [0.2, 0.25) is 0 Å². The van der Waals surface area contributed by atoms with E-state index in [1.807, 2.05) is 12.4 Å². The summed E-state index contributed by atoms with van der Waals surface area (Å²) in [6.07, 6.45) is 5.59. The van der Waals surface area contributed by atoms with Crippen molar-refractivity contribution in [3.63, 3.8) is 0 Å². The van der Waals surface area contributed by atoms with Gasteiger partial charge in [0.25, 0.3) is 0 Å². The van der Waals surface area contributed by atoms with E-state index in [1.165, 1.54) is 0 Å². The zero-order chi connectivity index (χ0) is 26.2. The molecule has 9 aromatic rings. The third-order valence-electron chi connectivity index (χ3n) is 8.05. The monoisotopic (exact) mass is 511 g/mol. The molecule has 5 heteroatoms. The van der Waals surface area contributed by atoms with Gasteiger partial charge in [-0.25, -0.2) is 15.0 Å². The second-order valence-corrected chi connectivity index (χ2v) is 10.2. The molecule has 0 N–H and O–H groups in total. The van der Waals surface area contributed by atoms with E-state index in [1.54, 1.807) is 6.33 Å². The lowest BCUT2D eigenvalue weighted by molar-refractivity contribution is 1.08. The SMILES string of the molecule is c1ccc(-n2c3ccccc3c3c4ncncc4c4c5ccccc5n(-c5cc6ccccc6cn5)c4c32)cc1. The van der Waals surface area contributed by atoms with Gasteiger partial charge in [-0.3, -0.25) is 4.57 Å². The fourth-order valence-corrected chi connectivity index (χ4v) is 6.43. The molecule has 0 saturated carbocycles. The van der Waals surface area contributed by atoms with Crippen LogP contribution < -0.4 is 0 Å². The summed E-state index contributed by atoms with van der Waals surface area (Å²) in [4.78, 5) is 14.4. The van der Waals surface area contributed by atoms with Crippen molar-refractivity contribution in [2.75, 3.05) is 0 Å². The Balaban J connectivity index is 1.63. The Hall–Kier alpha value is -5.55. The fourth-order valence-electron chi connectivity index (χ4n) is 6.43. The summed E-state index contributed by atoms with van der Waals surface area (Å²) in [5, 5.41) is 7.88. The molecule has 0 atom stereocenters. The molecule has 5 aromatic carbocycles. The number of fused-ring (bicyclic) bond motifs is 11. The predicted molar refractivity (Wildman–Crippen MR) is 164 cm³/mol. The van der Waals surface area contributed by atoms with Crippen LogP contribution in [0.25, 0.3) is 76.8 Å². The fraction of sp³-hybridized carbons (Fsp3) is 0. The molecular weight excluding hydrogens is 490 g/mol. The molecule has 4 heterocycles. The van der Waals surface area contributed by atoms with Gasteiger partial charge in [0.2, 0.25) is 0 Å². The molecule has 40 heavy (non-hydrogen) atoms. The lowest BCUT2D eigenvalue weighted by Crippen LogP contribution is -2.01. The van der Waals surface area contributed by atoms with Crippen LogP contribution in [0.15, 0.2) is 128 Å². The first kappa shape index (κ1) is 21.4. The molecule has 0 aliphatic rings. The smallest absolute Gasteiger partial charge is 0.138 e. The number of hydrogen-bond donors (Lipinski definition) is 0. The molecule has 0 fully saturated rings. The summed E-state index contributed by atoms with van der Waals surface area (Å²) in [5.41, 5.74) is 6.51. The van der Waals surface area contributed by atoms with Crippen molar-refractivity contribution in [1.29, 1.82) is 0 Å². The Morgan fingerprint density at radius 2 is 1.15 bits per heavy atom. The predicted octanol–water partition coefficient (Wildman–Crippen LogP) is 8.37. The van der Waals surface area contributed by atoms with Gasteiger partial charge >= 0.3 is 0 Å². The molecule has 0 aliphatic carbocycles. The Labute approximate surface area is 228 Å². The highest BCUT2D eigenvalue weighted by atomic mass is 15.1. The Morgan fingerprint density at radius 1 is 0.500 bits per heavy atom. The number of rotatable bonds is 2. The molecule has 9 rings (SSSR count). The van der Waals surface area contributed by atoms with E-state index in [2.05, 4.69) is 123 Å². The van der Waals surface area contributed by atoms with Crippen molar-refractivity contribution < 1.29 is 0 Å². The first-order chi connectivity index (χ1) is 19.9. The van der Waals surface area contributed by atoms with Crippen molar-refractivity contribution in [3.05, 3.63) is 128 Å². The Morgan fingerprint density at radius 3 is 1.98 bits per heavy atom. The molecule has 186 valence electrons. The van der Waals surface area contributed by atoms with Gasteiger partial charge in [-0.05, 0) is 35.7 Å². The van der Waals surface area contributed by atoms with Gasteiger partial charge in [0.1, 0.15) is 12.1 Å². The maximum atomic E-state index is 5.02. The van der Waals surface area contributed by atoms with Crippen molar-refractivity contribution in [2.45, 2.75) is 0 Å². The van der Waals surface area contributed by atoms with Gasteiger partial charge in [0.15, 0.2) is 0 Å². The quantitative estimate of drug-likeness (QED) is 0.234. The second-order valence-electron chi connectivity index (χ2n) is 10.2. The van der Waals surface area contributed by atoms with E-state index in [4.69, 9.17) is 9.97 Å². The van der Waals surface area contributed by atoms with Crippen LogP contribution in [0.3, 0.4) is 0 Å². The Kier molecular flexibility index (Phi) is 4.27. The van der Waals surface area contributed by atoms with Gasteiger partial charge in [-0.1, -0.05) is 78.9 Å². The van der Waals surface area contributed by atoms with E-state index in [0.717, 1.165) is 76.8 Å². The van der Waals surface area contributed by atoms with Crippen molar-refractivity contribution in [1.82, 2.24) is 24.1 Å². The molecule has 4 aromatic heterocycles. The molecular formula is C35H21N5. The maximum absolute atomic E-state index is 5.02. The van der Waals surface area contributed by atoms with E-state index in [0.29, 0.717) is 0 Å². The van der Waals surface area contributed by atoms with Crippen LogP contribution in [0.1, 0.15) is 0 Å². The molecule has 0 unspecified atom stereocenters. The minimum absolute atomic E-state index is 0.882. The third-order valence-corrected chi connectivity index (χ3v) is 8.05. The van der Waals surface area contributed by atoms with Gasteiger partial charge in [0, 0.05) is 50.4 Å². The number of hydrogen-bond acceptors (Lipinski definition) is 3. The summed E-state index contributed by atoms with van der Waals surface area (Å²) >= 11 is 0. The summed E-state index contributed by atoms with van der Waals surface area (Å²) in [6.45, 7) is 0. The highest BCUT2D eigenvalue weighted by Crippen LogP contribution is 2.45. The number of para-hydroxylation sites is 3. The lowest BCUT2D eigenvalue weighted by atomic mass is 10.0. The summed E-state index contributed by atoms with van der Waals surface area (Å²) in [6, 6.07) is 38.4. The molecule has 0 amide bonds. The van der Waals surface area contributed by atoms with E-state index in [-0.39, 0.29) is 0 Å². The van der Waals surface area contributed by atoms with Crippen LogP contribution in [0.4, 0.5) is 0 Å². The number of aromatic nitrogens is 5. The summed E-state index contributed by atoms with van der Waals surface area (Å²) in [7, 11) is 0. The van der Waals surface area contributed by atoms with Crippen molar-refractivity contribution in [3.8, 4) is 11.5 Å². The molecule has 0 bridgehead atoms. The molecule has 0 aliphatic heterocycles. The molecule has 0 spiro atoms. The van der Waals surface area contributed by atoms with E-state index < -0.39 is 0 Å². The normalized spacial score (nSPS) is 12.0. The summed E-state index contributed by atoms with van der Waals surface area (Å²) < 4.78 is 4.70. The van der Waals surface area contributed by atoms with Crippen molar-refractivity contribution >= 4 is 65.3 Å². The highest BCUT2D eigenvalue weighted by Gasteiger charge is 2.25. The van der Waals surface area contributed by atoms with Crippen LogP contribution in [0.5, 0.6) is 0 Å². The molecule has 0 radical (unpaired) electrons. The minimum atomic E-state index is 0.882. The molecule has 0 saturated heterocycles. The van der Waals surface area contributed by atoms with E-state index in [9.17, 15) is 0 Å².